The minimum absolute atomic E-state index is 0.0757. The molecule has 0 saturated carbocycles. The maximum atomic E-state index is 14.4. The van der Waals surface area contributed by atoms with Crippen molar-refractivity contribution in [3.05, 3.63) is 53.4 Å². The fraction of sp³-hybridized carbons (Fsp3) is 0.455. The van der Waals surface area contributed by atoms with E-state index >= 15 is 0 Å². The largest absolute Gasteiger partial charge is 0.493 e. The second-order valence-corrected chi connectivity index (χ2v) is 8.10. The molecule has 2 heterocycles. The van der Waals surface area contributed by atoms with Crippen LogP contribution in [0.5, 0.6) is 5.75 Å². The van der Waals surface area contributed by atoms with Gasteiger partial charge in [0.2, 0.25) is 5.82 Å². The van der Waals surface area contributed by atoms with E-state index < -0.39 is 65.7 Å². The summed E-state index contributed by atoms with van der Waals surface area (Å²) >= 11 is 0. The van der Waals surface area contributed by atoms with Crippen LogP contribution in [0, 0.1) is 17.6 Å². The lowest BCUT2D eigenvalue weighted by Crippen LogP contribution is -2.47. The summed E-state index contributed by atoms with van der Waals surface area (Å²) in [7, 11) is 1.04. The molecule has 1 aromatic heterocycles. The van der Waals surface area contributed by atoms with Crippen molar-refractivity contribution in [3.63, 3.8) is 0 Å². The Morgan fingerprint density at radius 3 is 2.50 bits per heavy atom. The fourth-order valence-corrected chi connectivity index (χ4v) is 4.02. The van der Waals surface area contributed by atoms with E-state index in [2.05, 4.69) is 10.3 Å². The van der Waals surface area contributed by atoms with Crippen LogP contribution in [0.25, 0.3) is 0 Å². The SMILES string of the molecule is COc1c([C@H]2[C@H](C(=O)Nc3ccc(C(O)CO)nc3)O[C@@](C)(C(F)(F)F)[C@H]2C)ccc(F)c1F. The average Bonchev–Trinajstić information content (AvgIpc) is 3.07. The number of aliphatic hydroxyl groups is 2. The molecule has 12 heteroatoms. The van der Waals surface area contributed by atoms with Crippen molar-refractivity contribution in [1.29, 1.82) is 0 Å². The lowest BCUT2D eigenvalue weighted by atomic mass is 9.77. The molecule has 0 spiro atoms. The molecule has 1 unspecified atom stereocenters. The lowest BCUT2D eigenvalue weighted by molar-refractivity contribution is -0.272. The number of methoxy groups -OCH3 is 1. The number of nitrogens with one attached hydrogen (secondary N) is 1. The van der Waals surface area contributed by atoms with E-state index in [9.17, 15) is 31.9 Å². The van der Waals surface area contributed by atoms with Crippen LogP contribution in [-0.4, -0.2) is 52.7 Å². The molecule has 0 radical (unpaired) electrons. The topological polar surface area (TPSA) is 101 Å². The van der Waals surface area contributed by atoms with E-state index in [0.29, 0.717) is 0 Å². The van der Waals surface area contributed by atoms with Gasteiger partial charge in [0.05, 0.1) is 31.3 Å². The minimum Gasteiger partial charge on any atom is -0.493 e. The van der Waals surface area contributed by atoms with Crippen molar-refractivity contribution in [3.8, 4) is 5.75 Å². The summed E-state index contributed by atoms with van der Waals surface area (Å²) < 4.78 is 80.2. The number of pyridine rings is 1. The summed E-state index contributed by atoms with van der Waals surface area (Å²) in [6.07, 6.45) is -6.74. The highest BCUT2D eigenvalue weighted by atomic mass is 19.4. The molecule has 1 saturated heterocycles. The van der Waals surface area contributed by atoms with Gasteiger partial charge in [0.15, 0.2) is 17.2 Å². The van der Waals surface area contributed by atoms with Gasteiger partial charge in [-0.2, -0.15) is 17.6 Å². The summed E-state index contributed by atoms with van der Waals surface area (Å²) in [5.74, 6) is -6.98. The van der Waals surface area contributed by atoms with Gasteiger partial charge in [0, 0.05) is 17.4 Å². The lowest BCUT2D eigenvalue weighted by Gasteiger charge is -2.32. The summed E-state index contributed by atoms with van der Waals surface area (Å²) in [5, 5.41) is 21.0. The first-order valence-electron chi connectivity index (χ1n) is 10.2. The summed E-state index contributed by atoms with van der Waals surface area (Å²) in [6, 6.07) is 4.45. The zero-order valence-corrected chi connectivity index (χ0v) is 18.4. The second-order valence-electron chi connectivity index (χ2n) is 8.10. The van der Waals surface area contributed by atoms with Gasteiger partial charge in [-0.3, -0.25) is 9.78 Å². The third kappa shape index (κ3) is 4.44. The molecule has 2 aromatic rings. The highest BCUT2D eigenvalue weighted by Crippen LogP contribution is 2.55. The zero-order chi connectivity index (χ0) is 25.4. The Kier molecular flexibility index (Phi) is 7.15. The fourth-order valence-electron chi connectivity index (χ4n) is 4.02. The molecule has 1 fully saturated rings. The van der Waals surface area contributed by atoms with Crippen LogP contribution in [0.1, 0.15) is 37.1 Å². The van der Waals surface area contributed by atoms with Crippen molar-refractivity contribution in [2.24, 2.45) is 5.92 Å². The molecular weight excluding hydrogens is 467 g/mol. The number of hydrogen-bond acceptors (Lipinski definition) is 6. The van der Waals surface area contributed by atoms with Crippen LogP contribution in [0.4, 0.5) is 27.6 Å². The quantitative estimate of drug-likeness (QED) is 0.537. The van der Waals surface area contributed by atoms with E-state index in [1.807, 2.05) is 0 Å². The predicted octanol–water partition coefficient (Wildman–Crippen LogP) is 3.47. The number of halogens is 5. The van der Waals surface area contributed by atoms with Crippen LogP contribution in [0.15, 0.2) is 30.5 Å². The molecule has 1 aliphatic heterocycles. The van der Waals surface area contributed by atoms with Crippen LogP contribution in [0.2, 0.25) is 0 Å². The Bertz CT molecular complexity index is 1050. The number of anilines is 1. The van der Waals surface area contributed by atoms with Crippen molar-refractivity contribution < 1.29 is 46.4 Å². The van der Waals surface area contributed by atoms with Gasteiger partial charge < -0.3 is 25.0 Å². The number of carbonyl (C=O) groups excluding carboxylic acids is 1. The summed E-state index contributed by atoms with van der Waals surface area (Å²) in [5.41, 5.74) is -2.74. The molecule has 34 heavy (non-hydrogen) atoms. The molecule has 0 bridgehead atoms. The monoisotopic (exact) mass is 490 g/mol. The van der Waals surface area contributed by atoms with E-state index in [1.54, 1.807) is 0 Å². The Hall–Kier alpha value is -2.83. The van der Waals surface area contributed by atoms with Gasteiger partial charge in [-0.1, -0.05) is 13.0 Å². The van der Waals surface area contributed by atoms with E-state index in [-0.39, 0.29) is 16.9 Å². The van der Waals surface area contributed by atoms with E-state index in [1.165, 1.54) is 19.1 Å². The van der Waals surface area contributed by atoms with Gasteiger partial charge in [-0.05, 0) is 25.1 Å². The Labute approximate surface area is 191 Å². The minimum atomic E-state index is -4.88. The predicted molar refractivity (Wildman–Crippen MR) is 109 cm³/mol. The molecule has 5 atom stereocenters. The van der Waals surface area contributed by atoms with E-state index in [0.717, 1.165) is 32.4 Å². The number of rotatable bonds is 6. The molecule has 3 N–H and O–H groups in total. The molecule has 3 rings (SSSR count). The molecule has 7 nitrogen and oxygen atoms in total. The molecule has 1 aliphatic rings. The highest BCUT2D eigenvalue weighted by Gasteiger charge is 2.65. The van der Waals surface area contributed by atoms with Crippen LogP contribution in [0.3, 0.4) is 0 Å². The zero-order valence-electron chi connectivity index (χ0n) is 18.4. The third-order valence-electron chi connectivity index (χ3n) is 6.14. The standard InChI is InChI=1S/C22H23F5N2O5/c1-10-16(12-5-6-13(23)17(24)18(12)33-3)19(34-21(10,2)22(25,26)27)20(32)29-11-4-7-14(28-8-11)15(31)9-30/h4-8,10,15-16,19,30-31H,9H2,1-3H3,(H,29,32)/t10-,15?,16-,19+,21+/m0/s1. The van der Waals surface area contributed by atoms with Crippen molar-refractivity contribution >= 4 is 11.6 Å². The summed E-state index contributed by atoms with van der Waals surface area (Å²) in [4.78, 5) is 16.9. The van der Waals surface area contributed by atoms with Gasteiger partial charge >= 0.3 is 6.18 Å². The Morgan fingerprint density at radius 1 is 1.29 bits per heavy atom. The maximum absolute atomic E-state index is 14.4. The van der Waals surface area contributed by atoms with Gasteiger partial charge in [0.25, 0.3) is 5.91 Å². The number of benzene rings is 1. The first-order valence-corrected chi connectivity index (χ1v) is 10.2. The number of hydrogen-bond donors (Lipinski definition) is 3. The first-order chi connectivity index (χ1) is 15.9. The number of carbonyl (C=O) groups is 1. The number of nitrogens with zero attached hydrogens (tertiary/aromatic N) is 1. The van der Waals surface area contributed by atoms with Crippen molar-refractivity contribution in [1.82, 2.24) is 4.98 Å². The first kappa shape index (κ1) is 25.8. The normalized spacial score (nSPS) is 25.8. The average molecular weight is 490 g/mol. The van der Waals surface area contributed by atoms with Crippen LogP contribution >= 0.6 is 0 Å². The molecule has 186 valence electrons. The van der Waals surface area contributed by atoms with Crippen molar-refractivity contribution in [2.45, 2.75) is 43.8 Å². The molecular formula is C22H23F5N2O5. The summed E-state index contributed by atoms with van der Waals surface area (Å²) in [6.45, 7) is 1.41. The smallest absolute Gasteiger partial charge is 0.417 e. The second kappa shape index (κ2) is 9.43. The number of ether oxygens (including phenoxy) is 2. The Morgan fingerprint density at radius 2 is 1.97 bits per heavy atom. The Balaban J connectivity index is 2.01. The maximum Gasteiger partial charge on any atom is 0.417 e. The molecule has 1 amide bonds. The van der Waals surface area contributed by atoms with E-state index in [4.69, 9.17) is 14.6 Å². The highest BCUT2D eigenvalue weighted by molar-refractivity contribution is 5.95. The number of amides is 1. The van der Waals surface area contributed by atoms with Gasteiger partial charge in [-0.25, -0.2) is 4.39 Å². The van der Waals surface area contributed by atoms with Crippen LogP contribution in [-0.2, 0) is 9.53 Å². The van der Waals surface area contributed by atoms with Gasteiger partial charge in [0.1, 0.15) is 12.2 Å². The van der Waals surface area contributed by atoms with Crippen LogP contribution < -0.4 is 10.1 Å². The number of aliphatic hydroxyl groups excluding tert-OH is 2. The van der Waals surface area contributed by atoms with Gasteiger partial charge in [-0.15, -0.1) is 0 Å². The number of alkyl halides is 3. The molecule has 1 aromatic carbocycles. The molecule has 0 aliphatic carbocycles. The third-order valence-corrected chi connectivity index (χ3v) is 6.14. The number of aromatic nitrogens is 1. The van der Waals surface area contributed by atoms with Crippen molar-refractivity contribution in [2.75, 3.05) is 19.0 Å².